The van der Waals surface area contributed by atoms with Crippen molar-refractivity contribution < 1.29 is 19.0 Å². The SMILES string of the molecule is CC1(C)Oc2ccccc2C(NC(=O)c2ccc(F)cc2)[C@@H]1O. The summed E-state index contributed by atoms with van der Waals surface area (Å²) in [6.07, 6.45) is -0.915. The van der Waals surface area contributed by atoms with Crippen LogP contribution in [-0.4, -0.2) is 22.7 Å². The molecule has 4 nitrogen and oxygen atoms in total. The van der Waals surface area contributed by atoms with Crippen molar-refractivity contribution in [2.45, 2.75) is 31.6 Å². The minimum absolute atomic E-state index is 0.334. The largest absolute Gasteiger partial charge is 0.485 e. The highest BCUT2D eigenvalue weighted by Gasteiger charge is 2.43. The molecule has 1 aliphatic rings. The third-order valence-corrected chi connectivity index (χ3v) is 4.05. The molecule has 2 aromatic carbocycles. The Bertz CT molecular complexity index is 727. The van der Waals surface area contributed by atoms with Crippen molar-refractivity contribution in [1.29, 1.82) is 0 Å². The number of fused-ring (bicyclic) bond motifs is 1. The molecule has 0 bridgehead atoms. The number of halogens is 1. The molecule has 1 amide bonds. The number of nitrogens with one attached hydrogen (secondary N) is 1. The molecule has 1 heterocycles. The zero-order valence-electron chi connectivity index (χ0n) is 12.9. The van der Waals surface area contributed by atoms with Crippen LogP contribution in [0.15, 0.2) is 48.5 Å². The van der Waals surface area contributed by atoms with Crippen LogP contribution in [0, 0.1) is 5.82 Å². The van der Waals surface area contributed by atoms with Gasteiger partial charge in [-0.15, -0.1) is 0 Å². The van der Waals surface area contributed by atoms with Crippen molar-refractivity contribution >= 4 is 5.91 Å². The van der Waals surface area contributed by atoms with E-state index in [9.17, 15) is 14.3 Å². The molecule has 2 aromatic rings. The molecule has 0 spiro atoms. The van der Waals surface area contributed by atoms with Gasteiger partial charge in [0.15, 0.2) is 0 Å². The number of carbonyl (C=O) groups is 1. The minimum atomic E-state index is -0.915. The molecular formula is C18H18FNO3. The van der Waals surface area contributed by atoms with Crippen LogP contribution < -0.4 is 10.1 Å². The molecule has 0 fully saturated rings. The second kappa shape index (κ2) is 5.66. The van der Waals surface area contributed by atoms with Crippen molar-refractivity contribution in [2.24, 2.45) is 0 Å². The van der Waals surface area contributed by atoms with Gasteiger partial charge in [-0.05, 0) is 44.2 Å². The molecule has 23 heavy (non-hydrogen) atoms. The maximum absolute atomic E-state index is 13.0. The van der Waals surface area contributed by atoms with E-state index in [2.05, 4.69) is 5.32 Å². The monoisotopic (exact) mass is 315 g/mol. The summed E-state index contributed by atoms with van der Waals surface area (Å²) in [5, 5.41) is 13.4. The Kier molecular flexibility index (Phi) is 3.82. The van der Waals surface area contributed by atoms with Gasteiger partial charge < -0.3 is 15.2 Å². The van der Waals surface area contributed by atoms with E-state index in [1.54, 1.807) is 19.9 Å². The normalized spacial score (nSPS) is 21.9. The first-order valence-corrected chi connectivity index (χ1v) is 7.41. The Hall–Kier alpha value is -2.40. The number of carbonyl (C=O) groups excluding carboxylic acids is 1. The summed E-state index contributed by atoms with van der Waals surface area (Å²) in [4.78, 5) is 12.4. The molecule has 120 valence electrons. The quantitative estimate of drug-likeness (QED) is 0.896. The Morgan fingerprint density at radius 2 is 1.83 bits per heavy atom. The van der Waals surface area contributed by atoms with Crippen molar-refractivity contribution in [1.82, 2.24) is 5.32 Å². The van der Waals surface area contributed by atoms with Crippen molar-refractivity contribution in [2.75, 3.05) is 0 Å². The smallest absolute Gasteiger partial charge is 0.251 e. The van der Waals surface area contributed by atoms with Crippen molar-refractivity contribution in [3.05, 3.63) is 65.5 Å². The maximum atomic E-state index is 13.0. The van der Waals surface area contributed by atoms with Gasteiger partial charge in [-0.1, -0.05) is 18.2 Å². The molecule has 0 saturated heterocycles. The molecule has 0 radical (unpaired) electrons. The highest BCUT2D eigenvalue weighted by Crippen LogP contribution is 2.39. The summed E-state index contributed by atoms with van der Waals surface area (Å²) >= 11 is 0. The Morgan fingerprint density at radius 3 is 2.52 bits per heavy atom. The highest BCUT2D eigenvalue weighted by molar-refractivity contribution is 5.94. The second-order valence-electron chi connectivity index (χ2n) is 6.15. The number of para-hydroxylation sites is 1. The fourth-order valence-electron chi connectivity index (χ4n) is 2.73. The predicted octanol–water partition coefficient (Wildman–Crippen LogP) is 2.83. The fourth-order valence-corrected chi connectivity index (χ4v) is 2.73. The van der Waals surface area contributed by atoms with E-state index in [-0.39, 0.29) is 5.91 Å². The first kappa shape index (κ1) is 15.5. The second-order valence-corrected chi connectivity index (χ2v) is 6.15. The number of amides is 1. The summed E-state index contributed by atoms with van der Waals surface area (Å²) in [6.45, 7) is 3.54. The van der Waals surface area contributed by atoms with E-state index in [0.29, 0.717) is 11.3 Å². The number of aliphatic hydroxyl groups excluding tert-OH is 1. The van der Waals surface area contributed by atoms with Gasteiger partial charge in [0.2, 0.25) is 0 Å². The Labute approximate surface area is 133 Å². The van der Waals surface area contributed by atoms with E-state index in [1.807, 2.05) is 18.2 Å². The van der Waals surface area contributed by atoms with E-state index < -0.39 is 23.6 Å². The van der Waals surface area contributed by atoms with Gasteiger partial charge in [-0.25, -0.2) is 4.39 Å². The molecule has 2 N–H and O–H groups in total. The number of hydrogen-bond donors (Lipinski definition) is 2. The van der Waals surface area contributed by atoms with E-state index >= 15 is 0 Å². The molecule has 0 saturated carbocycles. The lowest BCUT2D eigenvalue weighted by molar-refractivity contribution is -0.0627. The van der Waals surface area contributed by atoms with Crippen LogP contribution in [0.2, 0.25) is 0 Å². The van der Waals surface area contributed by atoms with Gasteiger partial charge in [0.05, 0.1) is 6.04 Å². The minimum Gasteiger partial charge on any atom is -0.485 e. The van der Waals surface area contributed by atoms with Crippen LogP contribution in [0.5, 0.6) is 5.75 Å². The summed E-state index contributed by atoms with van der Waals surface area (Å²) in [5.41, 5.74) is 0.213. The lowest BCUT2D eigenvalue weighted by Crippen LogP contribution is -2.53. The van der Waals surface area contributed by atoms with Gasteiger partial charge in [0.1, 0.15) is 23.3 Å². The number of benzene rings is 2. The summed E-state index contributed by atoms with van der Waals surface area (Å²) in [7, 11) is 0. The molecule has 0 aromatic heterocycles. The van der Waals surface area contributed by atoms with Crippen LogP contribution >= 0.6 is 0 Å². The van der Waals surface area contributed by atoms with E-state index in [1.165, 1.54) is 24.3 Å². The molecule has 1 aliphatic heterocycles. The first-order chi connectivity index (χ1) is 10.9. The average molecular weight is 315 g/mol. The molecule has 0 aliphatic carbocycles. The first-order valence-electron chi connectivity index (χ1n) is 7.41. The number of ether oxygens (including phenoxy) is 1. The third kappa shape index (κ3) is 2.92. The number of rotatable bonds is 2. The van der Waals surface area contributed by atoms with Crippen molar-refractivity contribution in [3.63, 3.8) is 0 Å². The third-order valence-electron chi connectivity index (χ3n) is 4.05. The average Bonchev–Trinajstić information content (AvgIpc) is 2.52. The van der Waals surface area contributed by atoms with Gasteiger partial charge >= 0.3 is 0 Å². The molecule has 3 rings (SSSR count). The van der Waals surface area contributed by atoms with Gasteiger partial charge in [0, 0.05) is 11.1 Å². The summed E-state index contributed by atoms with van der Waals surface area (Å²) < 4.78 is 18.8. The standard InChI is InChI=1S/C18H18FNO3/c1-18(2)16(21)15(13-5-3-4-6-14(13)23-18)20-17(22)11-7-9-12(19)10-8-11/h3-10,15-16,21H,1-2H3,(H,20,22)/t15?,16-/m0/s1. The Morgan fingerprint density at radius 1 is 1.17 bits per heavy atom. The molecule has 5 heteroatoms. The van der Waals surface area contributed by atoms with Crippen LogP contribution in [-0.2, 0) is 0 Å². The topological polar surface area (TPSA) is 58.6 Å². The predicted molar refractivity (Wildman–Crippen MR) is 83.8 cm³/mol. The highest BCUT2D eigenvalue weighted by atomic mass is 19.1. The van der Waals surface area contributed by atoms with Gasteiger partial charge in [-0.3, -0.25) is 4.79 Å². The maximum Gasteiger partial charge on any atom is 0.251 e. The fraction of sp³-hybridized carbons (Fsp3) is 0.278. The van der Waals surface area contributed by atoms with Crippen LogP contribution in [0.3, 0.4) is 0 Å². The molecule has 2 atom stereocenters. The van der Waals surface area contributed by atoms with E-state index in [4.69, 9.17) is 4.74 Å². The summed E-state index contributed by atoms with van der Waals surface area (Å²) in [5.74, 6) is -0.145. The van der Waals surface area contributed by atoms with Gasteiger partial charge in [0.25, 0.3) is 5.91 Å². The van der Waals surface area contributed by atoms with E-state index in [0.717, 1.165) is 5.56 Å². The van der Waals surface area contributed by atoms with Crippen LogP contribution in [0.4, 0.5) is 4.39 Å². The molecular weight excluding hydrogens is 297 g/mol. The lowest BCUT2D eigenvalue weighted by atomic mass is 9.86. The van der Waals surface area contributed by atoms with Gasteiger partial charge in [-0.2, -0.15) is 0 Å². The number of aliphatic hydroxyl groups is 1. The molecule has 1 unspecified atom stereocenters. The Balaban J connectivity index is 1.91. The summed E-state index contributed by atoms with van der Waals surface area (Å²) in [6, 6.07) is 12.0. The zero-order valence-corrected chi connectivity index (χ0v) is 12.9. The lowest BCUT2D eigenvalue weighted by Gasteiger charge is -2.42. The van der Waals surface area contributed by atoms with Crippen LogP contribution in [0.25, 0.3) is 0 Å². The van der Waals surface area contributed by atoms with Crippen LogP contribution in [0.1, 0.15) is 35.8 Å². The zero-order chi connectivity index (χ0) is 16.6. The number of hydrogen-bond acceptors (Lipinski definition) is 3. The van der Waals surface area contributed by atoms with Crippen molar-refractivity contribution in [3.8, 4) is 5.75 Å².